The lowest BCUT2D eigenvalue weighted by Gasteiger charge is -2.13. The molecule has 1 heterocycles. The molecule has 0 saturated carbocycles. The van der Waals surface area contributed by atoms with Crippen molar-refractivity contribution in [1.82, 2.24) is 4.98 Å². The first-order valence-corrected chi connectivity index (χ1v) is 6.64. The minimum absolute atomic E-state index is 0.0757. The maximum atomic E-state index is 11.1. The van der Waals surface area contributed by atoms with Gasteiger partial charge in [-0.3, -0.25) is 4.79 Å². The van der Waals surface area contributed by atoms with Crippen molar-refractivity contribution >= 4 is 34.5 Å². The van der Waals surface area contributed by atoms with Crippen LogP contribution in [0.25, 0.3) is 0 Å². The molecular weight excluding hydrogens is 270 g/mol. The standard InChI is InChI=1S/C12H12ClN3OS/c1-7(11-5-18-6-15-11)16-8-2-3-9(12(14)17)10(13)4-8/h2-7,16H,1H3,(H2,14,17). The van der Waals surface area contributed by atoms with E-state index in [1.54, 1.807) is 35.0 Å². The van der Waals surface area contributed by atoms with E-state index < -0.39 is 5.91 Å². The average Bonchev–Trinajstić information content (AvgIpc) is 2.81. The zero-order valence-electron chi connectivity index (χ0n) is 9.68. The van der Waals surface area contributed by atoms with Gasteiger partial charge in [-0.05, 0) is 25.1 Å². The molecule has 2 rings (SSSR count). The van der Waals surface area contributed by atoms with Crippen LogP contribution in [0.15, 0.2) is 29.1 Å². The lowest BCUT2D eigenvalue weighted by atomic mass is 10.1. The molecule has 0 bridgehead atoms. The normalized spacial score (nSPS) is 12.1. The summed E-state index contributed by atoms with van der Waals surface area (Å²) in [6.07, 6.45) is 0. The Hall–Kier alpha value is -1.59. The number of rotatable bonds is 4. The SMILES string of the molecule is CC(Nc1ccc(C(N)=O)c(Cl)c1)c1cscn1. The number of halogens is 1. The zero-order chi connectivity index (χ0) is 13.1. The van der Waals surface area contributed by atoms with Gasteiger partial charge in [0.05, 0.1) is 27.8 Å². The smallest absolute Gasteiger partial charge is 0.250 e. The number of nitrogens with one attached hydrogen (secondary N) is 1. The Morgan fingerprint density at radius 1 is 1.56 bits per heavy atom. The number of aromatic nitrogens is 1. The van der Waals surface area contributed by atoms with E-state index in [4.69, 9.17) is 17.3 Å². The highest BCUT2D eigenvalue weighted by Gasteiger charge is 2.10. The van der Waals surface area contributed by atoms with E-state index in [2.05, 4.69) is 10.3 Å². The van der Waals surface area contributed by atoms with Crippen molar-refractivity contribution < 1.29 is 4.79 Å². The molecule has 0 spiro atoms. The Morgan fingerprint density at radius 3 is 2.89 bits per heavy atom. The molecule has 2 aromatic rings. The number of hydrogen-bond donors (Lipinski definition) is 2. The number of amides is 1. The molecule has 1 amide bonds. The summed E-state index contributed by atoms with van der Waals surface area (Å²) in [6, 6.07) is 5.15. The molecule has 1 aromatic heterocycles. The number of primary amides is 1. The van der Waals surface area contributed by atoms with Crippen molar-refractivity contribution in [2.75, 3.05) is 5.32 Å². The van der Waals surface area contributed by atoms with E-state index in [-0.39, 0.29) is 6.04 Å². The van der Waals surface area contributed by atoms with Gasteiger partial charge in [-0.1, -0.05) is 11.6 Å². The Bertz CT molecular complexity index is 556. The third kappa shape index (κ3) is 2.80. The van der Waals surface area contributed by atoms with E-state index in [0.717, 1.165) is 11.4 Å². The Morgan fingerprint density at radius 2 is 2.33 bits per heavy atom. The van der Waals surface area contributed by atoms with Gasteiger partial charge in [0.25, 0.3) is 0 Å². The summed E-state index contributed by atoms with van der Waals surface area (Å²) in [7, 11) is 0. The highest BCUT2D eigenvalue weighted by atomic mass is 35.5. The van der Waals surface area contributed by atoms with Crippen LogP contribution in [0.1, 0.15) is 29.0 Å². The Balaban J connectivity index is 2.15. The molecule has 94 valence electrons. The minimum Gasteiger partial charge on any atom is -0.377 e. The van der Waals surface area contributed by atoms with Crippen molar-refractivity contribution in [3.05, 3.63) is 45.4 Å². The lowest BCUT2D eigenvalue weighted by Crippen LogP contribution is -2.12. The van der Waals surface area contributed by atoms with E-state index in [1.165, 1.54) is 0 Å². The van der Waals surface area contributed by atoms with Gasteiger partial charge in [-0.25, -0.2) is 4.98 Å². The van der Waals surface area contributed by atoms with Crippen LogP contribution >= 0.6 is 22.9 Å². The van der Waals surface area contributed by atoms with Crippen LogP contribution in [0, 0.1) is 0 Å². The number of carbonyl (C=O) groups is 1. The Labute approximate surface area is 114 Å². The average molecular weight is 282 g/mol. The highest BCUT2D eigenvalue weighted by molar-refractivity contribution is 7.07. The maximum Gasteiger partial charge on any atom is 0.250 e. The largest absolute Gasteiger partial charge is 0.377 e. The Kier molecular flexibility index (Phi) is 3.84. The first-order chi connectivity index (χ1) is 8.58. The fraction of sp³-hybridized carbons (Fsp3) is 0.167. The van der Waals surface area contributed by atoms with Gasteiger partial charge in [0.1, 0.15) is 0 Å². The van der Waals surface area contributed by atoms with Gasteiger partial charge in [-0.2, -0.15) is 0 Å². The van der Waals surface area contributed by atoms with Gasteiger partial charge in [0.15, 0.2) is 0 Å². The van der Waals surface area contributed by atoms with Gasteiger partial charge in [-0.15, -0.1) is 11.3 Å². The number of anilines is 1. The second-order valence-corrected chi connectivity index (χ2v) is 4.96. The number of nitrogens with zero attached hydrogens (tertiary/aromatic N) is 1. The van der Waals surface area contributed by atoms with Crippen LogP contribution in [-0.4, -0.2) is 10.9 Å². The molecule has 0 radical (unpaired) electrons. The van der Waals surface area contributed by atoms with Gasteiger partial charge in [0, 0.05) is 11.1 Å². The number of nitrogens with two attached hydrogens (primary N) is 1. The van der Waals surface area contributed by atoms with Gasteiger partial charge >= 0.3 is 0 Å². The number of benzene rings is 1. The van der Waals surface area contributed by atoms with Crippen molar-refractivity contribution in [1.29, 1.82) is 0 Å². The highest BCUT2D eigenvalue weighted by Crippen LogP contribution is 2.24. The summed E-state index contributed by atoms with van der Waals surface area (Å²) in [5.41, 5.74) is 9.09. The van der Waals surface area contributed by atoms with Crippen LogP contribution in [0.5, 0.6) is 0 Å². The van der Waals surface area contributed by atoms with Crippen LogP contribution in [0.3, 0.4) is 0 Å². The van der Waals surface area contributed by atoms with Crippen molar-refractivity contribution in [2.45, 2.75) is 13.0 Å². The summed E-state index contributed by atoms with van der Waals surface area (Å²) >= 11 is 7.53. The second kappa shape index (κ2) is 5.37. The number of carbonyl (C=O) groups excluding carboxylic acids is 1. The minimum atomic E-state index is -0.529. The van der Waals surface area contributed by atoms with E-state index in [0.29, 0.717) is 10.6 Å². The van der Waals surface area contributed by atoms with Crippen molar-refractivity contribution in [3.63, 3.8) is 0 Å². The lowest BCUT2D eigenvalue weighted by molar-refractivity contribution is 0.100. The van der Waals surface area contributed by atoms with E-state index >= 15 is 0 Å². The molecule has 0 fully saturated rings. The second-order valence-electron chi connectivity index (χ2n) is 3.84. The molecule has 1 aromatic carbocycles. The molecule has 4 nitrogen and oxygen atoms in total. The summed E-state index contributed by atoms with van der Waals surface area (Å²) in [5, 5.41) is 5.59. The van der Waals surface area contributed by atoms with Crippen LogP contribution in [-0.2, 0) is 0 Å². The predicted octanol–water partition coefficient (Wildman–Crippen LogP) is 3.07. The molecule has 18 heavy (non-hydrogen) atoms. The molecule has 1 unspecified atom stereocenters. The fourth-order valence-corrected chi connectivity index (χ4v) is 2.49. The van der Waals surface area contributed by atoms with Crippen molar-refractivity contribution in [3.8, 4) is 0 Å². The summed E-state index contributed by atoms with van der Waals surface area (Å²) < 4.78 is 0. The third-order valence-corrected chi connectivity index (χ3v) is 3.43. The van der Waals surface area contributed by atoms with Crippen LogP contribution in [0.4, 0.5) is 5.69 Å². The van der Waals surface area contributed by atoms with Gasteiger partial charge in [0.2, 0.25) is 5.91 Å². The monoisotopic (exact) mass is 281 g/mol. The zero-order valence-corrected chi connectivity index (χ0v) is 11.3. The summed E-state index contributed by atoms with van der Waals surface area (Å²) in [6.45, 7) is 2.00. The molecule has 1 atom stereocenters. The van der Waals surface area contributed by atoms with E-state index in [9.17, 15) is 4.79 Å². The first kappa shape index (κ1) is 12.9. The number of hydrogen-bond acceptors (Lipinski definition) is 4. The summed E-state index contributed by atoms with van der Waals surface area (Å²) in [4.78, 5) is 15.3. The molecule has 0 aliphatic heterocycles. The molecule has 0 saturated heterocycles. The van der Waals surface area contributed by atoms with Crippen LogP contribution in [0.2, 0.25) is 5.02 Å². The molecule has 6 heteroatoms. The van der Waals surface area contributed by atoms with E-state index in [1.807, 2.05) is 12.3 Å². The fourth-order valence-electron chi connectivity index (χ4n) is 1.56. The topological polar surface area (TPSA) is 68.0 Å². The molecular formula is C12H12ClN3OS. The maximum absolute atomic E-state index is 11.1. The summed E-state index contributed by atoms with van der Waals surface area (Å²) in [5.74, 6) is -0.529. The first-order valence-electron chi connectivity index (χ1n) is 5.32. The number of thiazole rings is 1. The van der Waals surface area contributed by atoms with Gasteiger partial charge < -0.3 is 11.1 Å². The molecule has 0 aliphatic carbocycles. The molecule has 0 aliphatic rings. The van der Waals surface area contributed by atoms with Crippen LogP contribution < -0.4 is 11.1 Å². The molecule has 3 N–H and O–H groups in total. The third-order valence-electron chi connectivity index (χ3n) is 2.51. The predicted molar refractivity (Wildman–Crippen MR) is 74.1 cm³/mol. The van der Waals surface area contributed by atoms with Crippen molar-refractivity contribution in [2.24, 2.45) is 5.73 Å². The quantitative estimate of drug-likeness (QED) is 0.905.